The number of rotatable bonds is 4. The van der Waals surface area contributed by atoms with Crippen LogP contribution in [0.5, 0.6) is 0 Å². The summed E-state index contributed by atoms with van der Waals surface area (Å²) < 4.78 is 0. The molecule has 1 unspecified atom stereocenters. The van der Waals surface area contributed by atoms with Gasteiger partial charge in [-0.2, -0.15) is 0 Å². The van der Waals surface area contributed by atoms with E-state index in [4.69, 9.17) is 0 Å². The molecule has 3 rings (SSSR count). The maximum Gasteiger partial charge on any atom is 0.0204 e. The van der Waals surface area contributed by atoms with Crippen molar-refractivity contribution in [2.24, 2.45) is 11.8 Å². The molecule has 3 fully saturated rings. The number of nitrogens with zero attached hydrogens (tertiary/aromatic N) is 1. The van der Waals surface area contributed by atoms with Crippen molar-refractivity contribution in [2.75, 3.05) is 20.1 Å². The summed E-state index contributed by atoms with van der Waals surface area (Å²) in [4.78, 5) is 2.79. The largest absolute Gasteiger partial charge is 0.316 e. The van der Waals surface area contributed by atoms with Crippen LogP contribution in [0, 0.1) is 11.8 Å². The fraction of sp³-hybridized carbons (Fsp3) is 1.00. The summed E-state index contributed by atoms with van der Waals surface area (Å²) in [5, 5.41) is 3.43. The number of hydrogen-bond acceptors (Lipinski definition) is 2. The molecule has 1 atom stereocenters. The second-order valence-electron chi connectivity index (χ2n) is 5.43. The zero-order valence-electron chi connectivity index (χ0n) is 9.21. The normalized spacial score (nSPS) is 34.3. The van der Waals surface area contributed by atoms with Gasteiger partial charge >= 0.3 is 0 Å². The molecule has 0 bridgehead atoms. The van der Waals surface area contributed by atoms with Crippen LogP contribution in [0.4, 0.5) is 0 Å². The Morgan fingerprint density at radius 2 is 1.71 bits per heavy atom. The Morgan fingerprint density at radius 1 is 1.07 bits per heavy atom. The van der Waals surface area contributed by atoms with Crippen molar-refractivity contribution in [3.8, 4) is 0 Å². The van der Waals surface area contributed by atoms with Gasteiger partial charge in [0.05, 0.1) is 0 Å². The molecule has 1 N–H and O–H groups in total. The van der Waals surface area contributed by atoms with Gasteiger partial charge in [-0.15, -0.1) is 0 Å². The first-order valence-corrected chi connectivity index (χ1v) is 6.30. The molecule has 0 amide bonds. The highest BCUT2D eigenvalue weighted by molar-refractivity contribution is 5.00. The van der Waals surface area contributed by atoms with Crippen LogP contribution in [0.2, 0.25) is 0 Å². The van der Waals surface area contributed by atoms with Gasteiger partial charge < -0.3 is 5.32 Å². The highest BCUT2D eigenvalue weighted by atomic mass is 15.2. The van der Waals surface area contributed by atoms with Crippen LogP contribution in [0.3, 0.4) is 0 Å². The van der Waals surface area contributed by atoms with E-state index in [1.54, 1.807) is 0 Å². The van der Waals surface area contributed by atoms with Crippen LogP contribution in [0.25, 0.3) is 0 Å². The van der Waals surface area contributed by atoms with E-state index >= 15 is 0 Å². The predicted molar refractivity (Wildman–Crippen MR) is 58.3 cm³/mol. The van der Waals surface area contributed by atoms with E-state index in [1.165, 1.54) is 45.2 Å². The van der Waals surface area contributed by atoms with Crippen molar-refractivity contribution in [3.05, 3.63) is 0 Å². The Kier molecular flexibility index (Phi) is 2.29. The van der Waals surface area contributed by atoms with Crippen molar-refractivity contribution in [3.63, 3.8) is 0 Å². The lowest BCUT2D eigenvalue weighted by Gasteiger charge is -2.28. The lowest BCUT2D eigenvalue weighted by atomic mass is 10.1. The molecule has 2 nitrogen and oxygen atoms in total. The maximum absolute atomic E-state index is 3.43. The van der Waals surface area contributed by atoms with Crippen LogP contribution in [0.15, 0.2) is 0 Å². The van der Waals surface area contributed by atoms with Crippen molar-refractivity contribution in [1.82, 2.24) is 10.2 Å². The number of likely N-dealkylation sites (N-methyl/N-ethyl adjacent to an activating group) is 1. The molecule has 0 aromatic rings. The second kappa shape index (κ2) is 3.49. The average Bonchev–Trinajstić information content (AvgIpc) is 3.08. The quantitative estimate of drug-likeness (QED) is 0.729. The van der Waals surface area contributed by atoms with E-state index in [9.17, 15) is 0 Å². The first-order valence-electron chi connectivity index (χ1n) is 6.30. The molecule has 2 heteroatoms. The van der Waals surface area contributed by atoms with Crippen LogP contribution < -0.4 is 5.32 Å². The zero-order valence-corrected chi connectivity index (χ0v) is 9.21. The van der Waals surface area contributed by atoms with Crippen molar-refractivity contribution in [2.45, 2.75) is 44.2 Å². The molecular weight excluding hydrogens is 172 g/mol. The predicted octanol–water partition coefficient (Wildman–Crippen LogP) is 1.47. The van der Waals surface area contributed by atoms with Crippen molar-refractivity contribution >= 4 is 0 Å². The summed E-state index contributed by atoms with van der Waals surface area (Å²) in [6, 6.07) is 1.75. The van der Waals surface area contributed by atoms with Gasteiger partial charge in [-0.3, -0.25) is 4.90 Å². The summed E-state index contributed by atoms with van der Waals surface area (Å²) in [6.45, 7) is 2.66. The molecule has 0 spiro atoms. The van der Waals surface area contributed by atoms with E-state index < -0.39 is 0 Å². The number of likely N-dealkylation sites (tertiary alicyclic amines) is 1. The Balaban J connectivity index is 1.62. The van der Waals surface area contributed by atoms with E-state index in [0.29, 0.717) is 0 Å². The minimum absolute atomic E-state index is 0.773. The molecule has 0 aromatic carbocycles. The van der Waals surface area contributed by atoms with Gasteiger partial charge in [0.25, 0.3) is 0 Å². The third-order valence-corrected chi connectivity index (χ3v) is 4.26. The Bertz CT molecular complexity index is 196. The van der Waals surface area contributed by atoms with Crippen molar-refractivity contribution < 1.29 is 0 Å². The van der Waals surface area contributed by atoms with Gasteiger partial charge in [-0.05, 0) is 51.0 Å². The van der Waals surface area contributed by atoms with Crippen LogP contribution in [0.1, 0.15) is 32.1 Å². The van der Waals surface area contributed by atoms with Gasteiger partial charge in [-0.1, -0.05) is 0 Å². The topological polar surface area (TPSA) is 15.3 Å². The Hall–Kier alpha value is -0.0800. The highest BCUT2D eigenvalue weighted by Crippen LogP contribution is 2.47. The molecule has 0 radical (unpaired) electrons. The number of hydrogen-bond donors (Lipinski definition) is 1. The van der Waals surface area contributed by atoms with E-state index in [2.05, 4.69) is 17.3 Å². The van der Waals surface area contributed by atoms with Crippen LogP contribution in [-0.2, 0) is 0 Å². The SMILES string of the molecule is CNC1CCN(C(C2CC2)C2CC2)C1. The first kappa shape index (κ1) is 9.17. The van der Waals surface area contributed by atoms with E-state index in [0.717, 1.165) is 23.9 Å². The summed E-state index contributed by atoms with van der Waals surface area (Å²) in [7, 11) is 2.11. The number of nitrogens with one attached hydrogen (secondary N) is 1. The summed E-state index contributed by atoms with van der Waals surface area (Å²) in [5.74, 6) is 2.16. The molecular formula is C12H22N2. The summed E-state index contributed by atoms with van der Waals surface area (Å²) in [6.07, 6.45) is 7.43. The first-order chi connectivity index (χ1) is 6.88. The Labute approximate surface area is 87.0 Å². The molecule has 1 aliphatic heterocycles. The lowest BCUT2D eigenvalue weighted by molar-refractivity contribution is 0.190. The molecule has 1 heterocycles. The average molecular weight is 194 g/mol. The standard InChI is InChI=1S/C12H22N2/c1-13-11-6-7-14(8-11)12(9-2-3-9)10-4-5-10/h9-13H,2-8H2,1H3. The maximum atomic E-state index is 3.43. The monoisotopic (exact) mass is 194 g/mol. The van der Waals surface area contributed by atoms with Gasteiger partial charge in [0, 0.05) is 25.2 Å². The second-order valence-corrected chi connectivity index (χ2v) is 5.43. The summed E-state index contributed by atoms with van der Waals surface area (Å²) >= 11 is 0. The van der Waals surface area contributed by atoms with Gasteiger partial charge in [0.2, 0.25) is 0 Å². The van der Waals surface area contributed by atoms with E-state index in [1.807, 2.05) is 0 Å². The van der Waals surface area contributed by atoms with Gasteiger partial charge in [-0.25, -0.2) is 0 Å². The van der Waals surface area contributed by atoms with Crippen LogP contribution >= 0.6 is 0 Å². The molecule has 0 aromatic heterocycles. The van der Waals surface area contributed by atoms with Crippen LogP contribution in [-0.4, -0.2) is 37.1 Å². The fourth-order valence-corrected chi connectivity index (χ4v) is 3.15. The van der Waals surface area contributed by atoms with Crippen molar-refractivity contribution in [1.29, 1.82) is 0 Å². The summed E-state index contributed by atoms with van der Waals surface area (Å²) in [5.41, 5.74) is 0. The highest BCUT2D eigenvalue weighted by Gasteiger charge is 2.45. The minimum atomic E-state index is 0.773. The fourth-order valence-electron chi connectivity index (χ4n) is 3.15. The van der Waals surface area contributed by atoms with E-state index in [-0.39, 0.29) is 0 Å². The smallest absolute Gasteiger partial charge is 0.0204 e. The molecule has 80 valence electrons. The molecule has 2 aliphatic carbocycles. The Morgan fingerprint density at radius 3 is 2.14 bits per heavy atom. The third kappa shape index (κ3) is 1.70. The molecule has 3 aliphatic rings. The molecule has 14 heavy (non-hydrogen) atoms. The third-order valence-electron chi connectivity index (χ3n) is 4.26. The molecule has 2 saturated carbocycles. The molecule has 1 saturated heterocycles. The van der Waals surface area contributed by atoms with Gasteiger partial charge in [0.15, 0.2) is 0 Å². The zero-order chi connectivity index (χ0) is 9.54. The van der Waals surface area contributed by atoms with Gasteiger partial charge in [0.1, 0.15) is 0 Å². The lowest BCUT2D eigenvalue weighted by Crippen LogP contribution is -2.39. The minimum Gasteiger partial charge on any atom is -0.316 e.